The molecule has 19 heavy (non-hydrogen) atoms. The first kappa shape index (κ1) is 14.7. The van der Waals surface area contributed by atoms with Gasteiger partial charge in [-0.25, -0.2) is 0 Å². The van der Waals surface area contributed by atoms with Gasteiger partial charge in [-0.15, -0.1) is 11.8 Å². The summed E-state index contributed by atoms with van der Waals surface area (Å²) in [7, 11) is 1.71. The lowest BCUT2D eigenvalue weighted by Crippen LogP contribution is -2.26. The predicted octanol–water partition coefficient (Wildman–Crippen LogP) is 2.99. The highest BCUT2D eigenvalue weighted by atomic mass is 32.2. The summed E-state index contributed by atoms with van der Waals surface area (Å²) in [6.07, 6.45) is 1.41. The number of hydrogen-bond acceptors (Lipinski definition) is 4. The number of benzene rings is 1. The Bertz CT molecular complexity index is 411. The van der Waals surface area contributed by atoms with Gasteiger partial charge in [-0.1, -0.05) is 18.2 Å². The van der Waals surface area contributed by atoms with Gasteiger partial charge in [-0.2, -0.15) is 0 Å². The Labute approximate surface area is 119 Å². The maximum Gasteiger partial charge on any atom is 0.123 e. The molecule has 0 radical (unpaired) electrons. The highest BCUT2D eigenvalue weighted by Gasteiger charge is 2.30. The van der Waals surface area contributed by atoms with Crippen LogP contribution in [0.3, 0.4) is 0 Å². The fourth-order valence-electron chi connectivity index (χ4n) is 2.46. The van der Waals surface area contributed by atoms with Gasteiger partial charge < -0.3 is 15.2 Å². The van der Waals surface area contributed by atoms with E-state index in [0.29, 0.717) is 11.4 Å². The molecule has 0 aliphatic carbocycles. The van der Waals surface area contributed by atoms with Crippen molar-refractivity contribution in [3.63, 3.8) is 0 Å². The molecule has 1 fully saturated rings. The number of thioether (sulfide) groups is 1. The van der Waals surface area contributed by atoms with Crippen LogP contribution < -0.4 is 10.5 Å². The third-order valence-electron chi connectivity index (χ3n) is 3.55. The number of rotatable bonds is 5. The normalized spacial score (nSPS) is 26.1. The minimum atomic E-state index is 0.0779. The SMILES string of the molecule is COc1ccccc1C(SC1CCOC1C)C(C)N. The molecular formula is C15H23NO2S. The number of methoxy groups -OCH3 is 1. The molecule has 0 saturated carbocycles. The lowest BCUT2D eigenvalue weighted by atomic mass is 10.1. The van der Waals surface area contributed by atoms with Crippen LogP contribution >= 0.6 is 11.8 Å². The van der Waals surface area contributed by atoms with Gasteiger partial charge in [0.15, 0.2) is 0 Å². The molecule has 1 aromatic carbocycles. The molecular weight excluding hydrogens is 258 g/mol. The molecule has 1 heterocycles. The van der Waals surface area contributed by atoms with Gasteiger partial charge in [0.2, 0.25) is 0 Å². The molecule has 1 aromatic rings. The average molecular weight is 281 g/mol. The van der Waals surface area contributed by atoms with Crippen molar-refractivity contribution < 1.29 is 9.47 Å². The maximum atomic E-state index is 6.20. The van der Waals surface area contributed by atoms with Crippen molar-refractivity contribution in [2.75, 3.05) is 13.7 Å². The minimum absolute atomic E-state index is 0.0779. The third kappa shape index (κ3) is 3.44. The second kappa shape index (κ2) is 6.64. The molecule has 4 unspecified atom stereocenters. The van der Waals surface area contributed by atoms with Crippen LogP contribution in [-0.2, 0) is 4.74 Å². The zero-order valence-corrected chi connectivity index (χ0v) is 12.7. The summed E-state index contributed by atoms with van der Waals surface area (Å²) in [5.41, 5.74) is 7.38. The van der Waals surface area contributed by atoms with Crippen molar-refractivity contribution in [1.29, 1.82) is 0 Å². The van der Waals surface area contributed by atoms with Crippen molar-refractivity contribution >= 4 is 11.8 Å². The van der Waals surface area contributed by atoms with Crippen molar-refractivity contribution in [2.24, 2.45) is 5.73 Å². The number of nitrogens with two attached hydrogens (primary N) is 1. The monoisotopic (exact) mass is 281 g/mol. The summed E-state index contributed by atoms with van der Waals surface area (Å²) in [6, 6.07) is 8.23. The summed E-state index contributed by atoms with van der Waals surface area (Å²) in [6.45, 7) is 5.06. The number of hydrogen-bond donors (Lipinski definition) is 1. The molecule has 0 spiro atoms. The van der Waals surface area contributed by atoms with E-state index in [4.69, 9.17) is 15.2 Å². The number of ether oxygens (including phenoxy) is 2. The summed E-state index contributed by atoms with van der Waals surface area (Å²) in [5, 5.41) is 0.756. The van der Waals surface area contributed by atoms with Crippen LogP contribution in [0.25, 0.3) is 0 Å². The first-order valence-corrected chi connectivity index (χ1v) is 7.73. The Kier molecular flexibility index (Phi) is 5.13. The van der Waals surface area contributed by atoms with Gasteiger partial charge in [-0.3, -0.25) is 0 Å². The highest BCUT2D eigenvalue weighted by Crippen LogP contribution is 2.42. The van der Waals surface area contributed by atoms with Gasteiger partial charge >= 0.3 is 0 Å². The van der Waals surface area contributed by atoms with Gasteiger partial charge in [0, 0.05) is 28.7 Å². The summed E-state index contributed by atoms with van der Waals surface area (Å²) in [5.74, 6) is 0.920. The zero-order chi connectivity index (χ0) is 13.8. The smallest absolute Gasteiger partial charge is 0.123 e. The van der Waals surface area contributed by atoms with E-state index in [-0.39, 0.29) is 11.3 Å². The van der Waals surface area contributed by atoms with Crippen molar-refractivity contribution in [3.8, 4) is 5.75 Å². The quantitative estimate of drug-likeness (QED) is 0.901. The predicted molar refractivity (Wildman–Crippen MR) is 80.8 cm³/mol. The Hall–Kier alpha value is -0.710. The van der Waals surface area contributed by atoms with Crippen LogP contribution in [-0.4, -0.2) is 31.1 Å². The highest BCUT2D eigenvalue weighted by molar-refractivity contribution is 8.00. The van der Waals surface area contributed by atoms with Crippen LogP contribution in [0.2, 0.25) is 0 Å². The summed E-state index contributed by atoms with van der Waals surface area (Å²) < 4.78 is 11.1. The van der Waals surface area contributed by atoms with E-state index >= 15 is 0 Å². The Balaban J connectivity index is 2.19. The van der Waals surface area contributed by atoms with E-state index in [1.165, 1.54) is 5.56 Å². The van der Waals surface area contributed by atoms with Crippen molar-refractivity contribution in [1.82, 2.24) is 0 Å². The average Bonchev–Trinajstić information content (AvgIpc) is 2.81. The topological polar surface area (TPSA) is 44.5 Å². The molecule has 1 aliphatic rings. The van der Waals surface area contributed by atoms with E-state index in [1.54, 1.807) is 7.11 Å². The fourth-order valence-corrected chi connectivity index (χ4v) is 3.96. The van der Waals surface area contributed by atoms with E-state index in [9.17, 15) is 0 Å². The molecule has 4 heteroatoms. The maximum absolute atomic E-state index is 6.20. The van der Waals surface area contributed by atoms with E-state index in [2.05, 4.69) is 19.9 Å². The molecule has 0 aromatic heterocycles. The van der Waals surface area contributed by atoms with Crippen LogP contribution in [0.4, 0.5) is 0 Å². The second-order valence-electron chi connectivity index (χ2n) is 5.06. The standard InChI is InChI=1S/C15H23NO2S/c1-10(16)15(19-14-8-9-18-11(14)2)12-6-4-5-7-13(12)17-3/h4-7,10-11,14-15H,8-9,16H2,1-3H3. The molecule has 4 atom stereocenters. The van der Waals surface area contributed by atoms with Gasteiger partial charge in [-0.05, 0) is 26.3 Å². The molecule has 0 amide bonds. The summed E-state index contributed by atoms with van der Waals surface area (Å²) in [4.78, 5) is 0. The van der Waals surface area contributed by atoms with Crippen molar-refractivity contribution in [2.45, 2.75) is 42.9 Å². The van der Waals surface area contributed by atoms with Crippen LogP contribution in [0.1, 0.15) is 31.1 Å². The molecule has 1 saturated heterocycles. The van der Waals surface area contributed by atoms with Crippen molar-refractivity contribution in [3.05, 3.63) is 29.8 Å². The van der Waals surface area contributed by atoms with E-state index in [0.717, 1.165) is 18.8 Å². The summed E-state index contributed by atoms with van der Waals surface area (Å²) >= 11 is 1.92. The van der Waals surface area contributed by atoms with Crippen LogP contribution in [0.15, 0.2) is 24.3 Å². The Morgan fingerprint density at radius 1 is 1.42 bits per heavy atom. The Morgan fingerprint density at radius 2 is 2.16 bits per heavy atom. The van der Waals surface area contributed by atoms with Gasteiger partial charge in [0.1, 0.15) is 5.75 Å². The lowest BCUT2D eigenvalue weighted by Gasteiger charge is -2.26. The largest absolute Gasteiger partial charge is 0.496 e. The van der Waals surface area contributed by atoms with E-state index < -0.39 is 0 Å². The minimum Gasteiger partial charge on any atom is -0.496 e. The first-order chi connectivity index (χ1) is 9.13. The molecule has 1 aliphatic heterocycles. The Morgan fingerprint density at radius 3 is 2.74 bits per heavy atom. The van der Waals surface area contributed by atoms with Gasteiger partial charge in [0.25, 0.3) is 0 Å². The zero-order valence-electron chi connectivity index (χ0n) is 11.8. The molecule has 2 rings (SSSR count). The molecule has 3 nitrogen and oxygen atoms in total. The van der Waals surface area contributed by atoms with E-state index in [1.807, 2.05) is 30.0 Å². The van der Waals surface area contributed by atoms with Crippen LogP contribution in [0, 0.1) is 0 Å². The second-order valence-corrected chi connectivity index (χ2v) is 6.45. The fraction of sp³-hybridized carbons (Fsp3) is 0.600. The first-order valence-electron chi connectivity index (χ1n) is 6.79. The lowest BCUT2D eigenvalue weighted by molar-refractivity contribution is 0.127. The molecule has 0 bridgehead atoms. The molecule has 2 N–H and O–H groups in total. The third-order valence-corrected chi connectivity index (χ3v) is 5.50. The van der Waals surface area contributed by atoms with Gasteiger partial charge in [0.05, 0.1) is 13.2 Å². The molecule has 106 valence electrons. The number of para-hydroxylation sites is 1. The van der Waals surface area contributed by atoms with Crippen LogP contribution in [0.5, 0.6) is 5.75 Å².